The second-order valence-electron chi connectivity index (χ2n) is 8.89. The zero-order valence-electron chi connectivity index (χ0n) is 16.8. The van der Waals surface area contributed by atoms with Gasteiger partial charge in [-0.2, -0.15) is 0 Å². The fourth-order valence-electron chi connectivity index (χ4n) is 5.60. The van der Waals surface area contributed by atoms with Crippen molar-refractivity contribution in [3.63, 3.8) is 0 Å². The van der Waals surface area contributed by atoms with Crippen molar-refractivity contribution >= 4 is 11.7 Å². The van der Waals surface area contributed by atoms with Gasteiger partial charge in [0, 0.05) is 36.5 Å². The molecule has 5 heteroatoms. The highest BCUT2D eigenvalue weighted by atomic mass is 16.5. The second kappa shape index (κ2) is 8.24. The average molecular weight is 385 g/mol. The molecular weight excluding hydrogens is 352 g/mol. The molecule has 1 amide bonds. The molecule has 1 aromatic rings. The van der Waals surface area contributed by atoms with E-state index in [1.165, 1.54) is 19.3 Å². The number of nitrogens with zero attached hydrogens (tertiary/aromatic N) is 1. The first-order valence-electron chi connectivity index (χ1n) is 10.8. The lowest BCUT2D eigenvalue weighted by atomic mass is 9.65. The number of hydrogen-bond donors (Lipinski definition) is 1. The number of Topliss-reactive ketones (excluding diaryl/α,β-unsaturated/α-hetero) is 1. The highest BCUT2D eigenvalue weighted by molar-refractivity contribution is 5.98. The van der Waals surface area contributed by atoms with E-state index in [9.17, 15) is 9.59 Å². The summed E-state index contributed by atoms with van der Waals surface area (Å²) in [6.07, 6.45) is 7.07. The molecule has 2 aliphatic carbocycles. The van der Waals surface area contributed by atoms with Crippen molar-refractivity contribution in [2.45, 2.75) is 51.0 Å². The molecule has 3 aliphatic rings. The van der Waals surface area contributed by atoms with Crippen molar-refractivity contribution in [1.82, 2.24) is 4.90 Å². The Balaban J connectivity index is 1.32. The lowest BCUT2D eigenvalue weighted by Crippen LogP contribution is -2.51. The number of amides is 1. The average Bonchev–Trinajstić information content (AvgIpc) is 2.73. The summed E-state index contributed by atoms with van der Waals surface area (Å²) in [4.78, 5) is 27.9. The lowest BCUT2D eigenvalue weighted by molar-refractivity contribution is -0.139. The van der Waals surface area contributed by atoms with Crippen molar-refractivity contribution in [2.75, 3.05) is 20.2 Å². The maximum absolute atomic E-state index is 13.1. The number of fused-ring (bicyclic) bond motifs is 2. The summed E-state index contributed by atoms with van der Waals surface area (Å²) < 4.78 is 5.16. The maximum atomic E-state index is 13.1. The van der Waals surface area contributed by atoms with Crippen molar-refractivity contribution < 1.29 is 14.3 Å². The van der Waals surface area contributed by atoms with E-state index in [4.69, 9.17) is 10.5 Å². The Bertz CT molecular complexity index is 695. The number of likely N-dealkylation sites (tertiary alicyclic amines) is 1. The van der Waals surface area contributed by atoms with Crippen molar-refractivity contribution in [3.05, 3.63) is 29.8 Å². The summed E-state index contributed by atoms with van der Waals surface area (Å²) in [5.74, 6) is 2.45. The van der Waals surface area contributed by atoms with E-state index in [1.807, 2.05) is 29.2 Å². The smallest absolute Gasteiger partial charge is 0.225 e. The van der Waals surface area contributed by atoms with Crippen LogP contribution in [-0.4, -0.2) is 42.8 Å². The van der Waals surface area contributed by atoms with Crippen LogP contribution in [0.25, 0.3) is 0 Å². The fourth-order valence-corrected chi connectivity index (χ4v) is 5.60. The Kier molecular flexibility index (Phi) is 5.72. The molecule has 0 aromatic heterocycles. The van der Waals surface area contributed by atoms with E-state index in [-0.39, 0.29) is 17.6 Å². The van der Waals surface area contributed by atoms with Gasteiger partial charge in [0.2, 0.25) is 5.91 Å². The van der Waals surface area contributed by atoms with E-state index < -0.39 is 0 Å². The molecular formula is C23H32N2O3. The second-order valence-corrected chi connectivity index (χ2v) is 8.89. The molecule has 3 fully saturated rings. The van der Waals surface area contributed by atoms with E-state index in [0.29, 0.717) is 36.9 Å². The highest BCUT2D eigenvalue weighted by Gasteiger charge is 2.42. The van der Waals surface area contributed by atoms with Gasteiger partial charge in [-0.25, -0.2) is 0 Å². The Morgan fingerprint density at radius 3 is 2.14 bits per heavy atom. The molecule has 2 N–H and O–H groups in total. The third-order valence-electron chi connectivity index (χ3n) is 7.31. The van der Waals surface area contributed by atoms with Crippen LogP contribution in [0.2, 0.25) is 0 Å². The normalized spacial score (nSPS) is 30.7. The van der Waals surface area contributed by atoms with E-state index in [1.54, 1.807) is 7.11 Å². The van der Waals surface area contributed by atoms with Crippen LogP contribution in [0.5, 0.6) is 5.75 Å². The largest absolute Gasteiger partial charge is 0.497 e. The van der Waals surface area contributed by atoms with Crippen LogP contribution in [0.4, 0.5) is 0 Å². The molecule has 2 saturated carbocycles. The van der Waals surface area contributed by atoms with Gasteiger partial charge >= 0.3 is 0 Å². The first kappa shape index (κ1) is 19.4. The number of ketones is 1. The standard InChI is InChI=1S/C23H32N2O3/c1-28-20-7-5-15(6-8-20)22(26)16-9-11-25(12-10-16)23(27)19-13-17-3-2-4-18(14-19)21(17)24/h5-8,16-19,21H,2-4,9-14,24H2,1H3. The van der Waals surface area contributed by atoms with Crippen LogP contribution in [0.3, 0.4) is 0 Å². The molecule has 2 bridgehead atoms. The summed E-state index contributed by atoms with van der Waals surface area (Å²) in [5, 5.41) is 0. The zero-order chi connectivity index (χ0) is 19.7. The quantitative estimate of drug-likeness (QED) is 0.809. The monoisotopic (exact) mass is 384 g/mol. The van der Waals surface area contributed by atoms with E-state index in [2.05, 4.69) is 0 Å². The number of carbonyl (C=O) groups excluding carboxylic acids is 2. The van der Waals surface area contributed by atoms with Crippen LogP contribution in [0.15, 0.2) is 24.3 Å². The minimum absolute atomic E-state index is 0.0107. The van der Waals surface area contributed by atoms with Crippen molar-refractivity contribution in [1.29, 1.82) is 0 Å². The van der Waals surface area contributed by atoms with Crippen molar-refractivity contribution in [2.24, 2.45) is 29.4 Å². The predicted octanol–water partition coefficient (Wildman–Crippen LogP) is 3.27. The van der Waals surface area contributed by atoms with Crippen LogP contribution >= 0.6 is 0 Å². The van der Waals surface area contributed by atoms with Crippen LogP contribution < -0.4 is 10.5 Å². The SMILES string of the molecule is COc1ccc(C(=O)C2CCN(C(=O)C3CC4CCCC(C3)C4N)CC2)cc1. The van der Waals surface area contributed by atoms with Crippen LogP contribution in [0.1, 0.15) is 55.3 Å². The predicted molar refractivity (Wildman–Crippen MR) is 108 cm³/mol. The van der Waals surface area contributed by atoms with Gasteiger partial charge in [0.1, 0.15) is 5.75 Å². The molecule has 28 heavy (non-hydrogen) atoms. The molecule has 1 aliphatic heterocycles. The van der Waals surface area contributed by atoms with E-state index >= 15 is 0 Å². The number of carbonyl (C=O) groups is 2. The number of benzene rings is 1. The van der Waals surface area contributed by atoms with Gasteiger partial charge in [-0.3, -0.25) is 9.59 Å². The van der Waals surface area contributed by atoms with Gasteiger partial charge in [0.15, 0.2) is 5.78 Å². The Morgan fingerprint density at radius 2 is 1.57 bits per heavy atom. The molecule has 0 spiro atoms. The molecule has 1 aromatic carbocycles. The third kappa shape index (κ3) is 3.82. The minimum atomic E-state index is 0.0107. The number of ether oxygens (including phenoxy) is 1. The van der Waals surface area contributed by atoms with E-state index in [0.717, 1.165) is 37.0 Å². The topological polar surface area (TPSA) is 72.6 Å². The van der Waals surface area contributed by atoms with Gasteiger partial charge in [0.05, 0.1) is 7.11 Å². The Hall–Kier alpha value is -1.88. The molecule has 2 atom stereocenters. The number of methoxy groups -OCH3 is 1. The molecule has 4 rings (SSSR count). The molecule has 5 nitrogen and oxygen atoms in total. The first-order valence-corrected chi connectivity index (χ1v) is 10.8. The first-order chi connectivity index (χ1) is 13.6. The van der Waals surface area contributed by atoms with Crippen LogP contribution in [0, 0.1) is 23.7 Å². The van der Waals surface area contributed by atoms with Gasteiger partial charge < -0.3 is 15.4 Å². The van der Waals surface area contributed by atoms with Gasteiger partial charge in [-0.05, 0) is 74.6 Å². The number of piperidine rings is 1. The molecule has 2 unspecified atom stereocenters. The van der Waals surface area contributed by atoms with Crippen molar-refractivity contribution in [3.8, 4) is 5.75 Å². The molecule has 1 saturated heterocycles. The summed E-state index contributed by atoms with van der Waals surface area (Å²) in [7, 11) is 1.62. The molecule has 1 heterocycles. The number of rotatable bonds is 4. The maximum Gasteiger partial charge on any atom is 0.225 e. The molecule has 0 radical (unpaired) electrons. The van der Waals surface area contributed by atoms with Gasteiger partial charge in [0.25, 0.3) is 0 Å². The highest BCUT2D eigenvalue weighted by Crippen LogP contribution is 2.42. The van der Waals surface area contributed by atoms with Gasteiger partial charge in [-0.15, -0.1) is 0 Å². The Labute approximate surface area is 167 Å². The third-order valence-corrected chi connectivity index (χ3v) is 7.31. The summed E-state index contributed by atoms with van der Waals surface area (Å²) in [6.45, 7) is 1.40. The fraction of sp³-hybridized carbons (Fsp3) is 0.652. The zero-order valence-corrected chi connectivity index (χ0v) is 16.8. The number of hydrogen-bond acceptors (Lipinski definition) is 4. The summed E-state index contributed by atoms with van der Waals surface area (Å²) in [5.41, 5.74) is 7.12. The molecule has 152 valence electrons. The minimum Gasteiger partial charge on any atom is -0.497 e. The van der Waals surface area contributed by atoms with Gasteiger partial charge in [-0.1, -0.05) is 6.42 Å². The Morgan fingerprint density at radius 1 is 0.964 bits per heavy atom. The van der Waals surface area contributed by atoms with Crippen LogP contribution in [-0.2, 0) is 4.79 Å². The summed E-state index contributed by atoms with van der Waals surface area (Å²) >= 11 is 0. The lowest BCUT2D eigenvalue weighted by Gasteiger charge is -2.45. The number of nitrogens with two attached hydrogens (primary N) is 1. The summed E-state index contributed by atoms with van der Waals surface area (Å²) in [6, 6.07) is 7.63.